The van der Waals surface area contributed by atoms with Crippen molar-refractivity contribution in [3.63, 3.8) is 0 Å². The molecule has 0 aromatic carbocycles. The molecule has 0 fully saturated rings. The SMILES string of the molecule is CC(=O)N(C)CCc1cc(Br)cs1. The molecule has 0 saturated heterocycles. The fourth-order valence-corrected chi connectivity index (χ4v) is 2.36. The molecule has 72 valence electrons. The van der Waals surface area contributed by atoms with Gasteiger partial charge < -0.3 is 4.90 Å². The minimum absolute atomic E-state index is 0.121. The number of thiophene rings is 1. The highest BCUT2D eigenvalue weighted by atomic mass is 79.9. The summed E-state index contributed by atoms with van der Waals surface area (Å²) in [4.78, 5) is 13.9. The predicted molar refractivity (Wildman–Crippen MR) is 59.0 cm³/mol. The summed E-state index contributed by atoms with van der Waals surface area (Å²) in [5.74, 6) is 0.121. The zero-order chi connectivity index (χ0) is 9.84. The van der Waals surface area contributed by atoms with Gasteiger partial charge in [0.05, 0.1) is 0 Å². The molecule has 0 radical (unpaired) electrons. The highest BCUT2D eigenvalue weighted by Gasteiger charge is 2.03. The molecule has 1 heterocycles. The van der Waals surface area contributed by atoms with Crippen molar-refractivity contribution in [2.75, 3.05) is 13.6 Å². The van der Waals surface area contributed by atoms with Crippen molar-refractivity contribution in [2.45, 2.75) is 13.3 Å². The monoisotopic (exact) mass is 261 g/mol. The fraction of sp³-hybridized carbons (Fsp3) is 0.444. The largest absolute Gasteiger partial charge is 0.346 e. The van der Waals surface area contributed by atoms with Gasteiger partial charge in [-0.3, -0.25) is 4.79 Å². The summed E-state index contributed by atoms with van der Waals surface area (Å²) < 4.78 is 1.12. The second kappa shape index (κ2) is 4.77. The number of halogens is 1. The van der Waals surface area contributed by atoms with Crippen LogP contribution < -0.4 is 0 Å². The maximum absolute atomic E-state index is 10.9. The normalized spacial score (nSPS) is 10.1. The van der Waals surface area contributed by atoms with Crippen LogP contribution in [0.3, 0.4) is 0 Å². The Balaban J connectivity index is 2.39. The third-order valence-electron chi connectivity index (χ3n) is 1.85. The van der Waals surface area contributed by atoms with E-state index in [4.69, 9.17) is 0 Å². The highest BCUT2D eigenvalue weighted by Crippen LogP contribution is 2.20. The van der Waals surface area contributed by atoms with Crippen molar-refractivity contribution in [2.24, 2.45) is 0 Å². The Kier molecular flexibility index (Phi) is 3.93. The number of likely N-dealkylation sites (N-methyl/N-ethyl adjacent to an activating group) is 1. The van der Waals surface area contributed by atoms with Crippen molar-refractivity contribution >= 4 is 33.2 Å². The molecule has 0 aliphatic heterocycles. The summed E-state index contributed by atoms with van der Waals surface area (Å²) >= 11 is 5.12. The van der Waals surface area contributed by atoms with Crippen LogP contribution in [0.5, 0.6) is 0 Å². The minimum Gasteiger partial charge on any atom is -0.346 e. The quantitative estimate of drug-likeness (QED) is 0.819. The molecule has 0 aliphatic rings. The van der Waals surface area contributed by atoms with E-state index in [-0.39, 0.29) is 5.91 Å². The predicted octanol–water partition coefficient (Wildman–Crippen LogP) is 2.53. The van der Waals surface area contributed by atoms with E-state index in [1.165, 1.54) is 4.88 Å². The Morgan fingerprint density at radius 2 is 2.38 bits per heavy atom. The Morgan fingerprint density at radius 1 is 1.69 bits per heavy atom. The van der Waals surface area contributed by atoms with E-state index in [0.717, 1.165) is 17.4 Å². The summed E-state index contributed by atoms with van der Waals surface area (Å²) in [5.41, 5.74) is 0. The molecule has 1 aromatic rings. The molecule has 1 rings (SSSR count). The average molecular weight is 262 g/mol. The first-order chi connectivity index (χ1) is 6.09. The smallest absolute Gasteiger partial charge is 0.219 e. The number of carbonyl (C=O) groups is 1. The van der Waals surface area contributed by atoms with Gasteiger partial charge in [0.1, 0.15) is 0 Å². The van der Waals surface area contributed by atoms with Gasteiger partial charge in [0.15, 0.2) is 0 Å². The van der Waals surface area contributed by atoms with Crippen LogP contribution in [-0.2, 0) is 11.2 Å². The standard InChI is InChI=1S/C9H12BrNOS/c1-7(12)11(2)4-3-9-5-8(10)6-13-9/h5-6H,3-4H2,1-2H3. The van der Waals surface area contributed by atoms with Gasteiger partial charge >= 0.3 is 0 Å². The summed E-state index contributed by atoms with van der Waals surface area (Å²) in [6, 6.07) is 2.10. The molecule has 0 aliphatic carbocycles. The van der Waals surface area contributed by atoms with Crippen molar-refractivity contribution in [3.8, 4) is 0 Å². The van der Waals surface area contributed by atoms with Gasteiger partial charge in [0.25, 0.3) is 0 Å². The maximum atomic E-state index is 10.9. The summed E-state index contributed by atoms with van der Waals surface area (Å²) in [5, 5.41) is 2.06. The van der Waals surface area contributed by atoms with Gasteiger partial charge in [-0.15, -0.1) is 11.3 Å². The first-order valence-corrected chi connectivity index (χ1v) is 5.71. The molecule has 4 heteroatoms. The van der Waals surface area contributed by atoms with Crippen LogP contribution in [0.4, 0.5) is 0 Å². The van der Waals surface area contributed by atoms with Gasteiger partial charge in [-0.2, -0.15) is 0 Å². The van der Waals surface area contributed by atoms with E-state index in [9.17, 15) is 4.79 Å². The van der Waals surface area contributed by atoms with Crippen LogP contribution >= 0.6 is 27.3 Å². The van der Waals surface area contributed by atoms with E-state index >= 15 is 0 Å². The molecular formula is C9H12BrNOS. The summed E-state index contributed by atoms with van der Waals surface area (Å²) in [6.45, 7) is 2.38. The number of rotatable bonds is 3. The summed E-state index contributed by atoms with van der Waals surface area (Å²) in [7, 11) is 1.82. The molecule has 2 nitrogen and oxygen atoms in total. The molecule has 1 aromatic heterocycles. The van der Waals surface area contributed by atoms with Crippen LogP contribution in [-0.4, -0.2) is 24.4 Å². The lowest BCUT2D eigenvalue weighted by molar-refractivity contribution is -0.127. The molecular weight excluding hydrogens is 250 g/mol. The third kappa shape index (κ3) is 3.48. The van der Waals surface area contributed by atoms with E-state index in [1.54, 1.807) is 23.2 Å². The zero-order valence-electron chi connectivity index (χ0n) is 7.71. The van der Waals surface area contributed by atoms with E-state index in [1.807, 2.05) is 7.05 Å². The van der Waals surface area contributed by atoms with Crippen molar-refractivity contribution in [3.05, 3.63) is 20.8 Å². The number of hydrogen-bond acceptors (Lipinski definition) is 2. The highest BCUT2D eigenvalue weighted by molar-refractivity contribution is 9.10. The molecule has 0 saturated carbocycles. The zero-order valence-corrected chi connectivity index (χ0v) is 10.1. The number of amides is 1. The number of hydrogen-bond donors (Lipinski definition) is 0. The maximum Gasteiger partial charge on any atom is 0.219 e. The molecule has 0 N–H and O–H groups in total. The third-order valence-corrected chi connectivity index (χ3v) is 3.61. The Hall–Kier alpha value is -0.350. The molecule has 0 bridgehead atoms. The Bertz CT molecular complexity index is 298. The van der Waals surface area contributed by atoms with Gasteiger partial charge in [-0.1, -0.05) is 0 Å². The molecule has 13 heavy (non-hydrogen) atoms. The van der Waals surface area contributed by atoms with Crippen molar-refractivity contribution in [1.29, 1.82) is 0 Å². The van der Waals surface area contributed by atoms with E-state index < -0.39 is 0 Å². The van der Waals surface area contributed by atoms with Crippen LogP contribution in [0, 0.1) is 0 Å². The van der Waals surface area contributed by atoms with Crippen LogP contribution in [0.25, 0.3) is 0 Å². The molecule has 0 unspecified atom stereocenters. The van der Waals surface area contributed by atoms with E-state index in [2.05, 4.69) is 27.4 Å². The lowest BCUT2D eigenvalue weighted by atomic mass is 10.3. The summed E-state index contributed by atoms with van der Waals surface area (Å²) in [6.07, 6.45) is 0.937. The first kappa shape index (κ1) is 10.7. The average Bonchev–Trinajstić information content (AvgIpc) is 2.47. The van der Waals surface area contributed by atoms with Gasteiger partial charge in [-0.05, 0) is 28.4 Å². The first-order valence-electron chi connectivity index (χ1n) is 4.04. The van der Waals surface area contributed by atoms with Crippen LogP contribution in [0.15, 0.2) is 15.9 Å². The van der Waals surface area contributed by atoms with Crippen LogP contribution in [0.2, 0.25) is 0 Å². The molecule has 0 spiro atoms. The lowest BCUT2D eigenvalue weighted by Crippen LogP contribution is -2.25. The van der Waals surface area contributed by atoms with Crippen LogP contribution in [0.1, 0.15) is 11.8 Å². The molecule has 0 atom stereocenters. The number of nitrogens with zero attached hydrogens (tertiary/aromatic N) is 1. The Labute approximate surface area is 90.7 Å². The topological polar surface area (TPSA) is 20.3 Å². The second-order valence-corrected chi connectivity index (χ2v) is 4.83. The van der Waals surface area contributed by atoms with Gasteiger partial charge in [0, 0.05) is 35.2 Å². The second-order valence-electron chi connectivity index (χ2n) is 2.92. The molecule has 1 amide bonds. The fourth-order valence-electron chi connectivity index (χ4n) is 0.920. The minimum atomic E-state index is 0.121. The van der Waals surface area contributed by atoms with Crippen molar-refractivity contribution in [1.82, 2.24) is 4.90 Å². The van der Waals surface area contributed by atoms with Gasteiger partial charge in [0.2, 0.25) is 5.91 Å². The van der Waals surface area contributed by atoms with Gasteiger partial charge in [-0.25, -0.2) is 0 Å². The lowest BCUT2D eigenvalue weighted by Gasteiger charge is -2.13. The Morgan fingerprint density at radius 3 is 2.85 bits per heavy atom. The van der Waals surface area contributed by atoms with E-state index in [0.29, 0.717) is 0 Å². The van der Waals surface area contributed by atoms with Crippen molar-refractivity contribution < 1.29 is 4.79 Å². The number of carbonyl (C=O) groups excluding carboxylic acids is 1.